The number of rotatable bonds is 9. The third kappa shape index (κ3) is 15.0. The van der Waals surface area contributed by atoms with Gasteiger partial charge in [-0.25, -0.2) is 0 Å². The number of carbonyl (C=O) groups is 1. The predicted molar refractivity (Wildman–Crippen MR) is 113 cm³/mol. The highest BCUT2D eigenvalue weighted by Crippen LogP contribution is 2.28. The van der Waals surface area contributed by atoms with Gasteiger partial charge in [-0.15, -0.1) is 0 Å². The Hall–Kier alpha value is -1.79. The van der Waals surface area contributed by atoms with Crippen LogP contribution in [0.2, 0.25) is 0 Å². The molecule has 0 unspecified atom stereocenters. The van der Waals surface area contributed by atoms with E-state index in [9.17, 15) is 4.79 Å². The minimum atomic E-state index is -0.121. The van der Waals surface area contributed by atoms with Crippen LogP contribution < -0.4 is 20.1 Å². The van der Waals surface area contributed by atoms with Crippen LogP contribution in [0.5, 0.6) is 11.5 Å². The minimum absolute atomic E-state index is 0.0932. The highest BCUT2D eigenvalue weighted by atomic mass is 16.5. The lowest BCUT2D eigenvalue weighted by Gasteiger charge is -2.13. The lowest BCUT2D eigenvalue weighted by molar-refractivity contribution is 0.0942. The Kier molecular flexibility index (Phi) is 19.3. The van der Waals surface area contributed by atoms with Crippen LogP contribution in [-0.2, 0) is 4.74 Å². The Morgan fingerprint density at radius 1 is 1.07 bits per heavy atom. The first-order valence-electron chi connectivity index (χ1n) is 9.66. The van der Waals surface area contributed by atoms with Crippen LogP contribution in [-0.4, -0.2) is 53.0 Å². The fourth-order valence-corrected chi connectivity index (χ4v) is 1.66. The van der Waals surface area contributed by atoms with Crippen LogP contribution in [0.1, 0.15) is 57.8 Å². The number of hydrogen-bond acceptors (Lipinski definition) is 5. The summed E-state index contributed by atoms with van der Waals surface area (Å²) in [5.41, 5.74) is 0.557. The van der Waals surface area contributed by atoms with Crippen molar-refractivity contribution >= 4 is 5.91 Å². The first-order valence-corrected chi connectivity index (χ1v) is 9.66. The third-order valence-electron chi connectivity index (χ3n) is 2.95. The molecule has 0 heterocycles. The Morgan fingerprint density at radius 3 is 2.11 bits per heavy atom. The molecule has 0 radical (unpaired) electrons. The number of ether oxygens (including phenoxy) is 3. The van der Waals surface area contributed by atoms with Crippen LogP contribution in [0, 0.1) is 0 Å². The highest BCUT2D eigenvalue weighted by Gasteiger charge is 2.11. The van der Waals surface area contributed by atoms with Crippen LogP contribution >= 0.6 is 0 Å². The van der Waals surface area contributed by atoms with Gasteiger partial charge in [0, 0.05) is 31.7 Å². The quantitative estimate of drug-likeness (QED) is 0.632. The van der Waals surface area contributed by atoms with Gasteiger partial charge in [0.1, 0.15) is 0 Å². The first-order chi connectivity index (χ1) is 12.9. The second-order valence-electron chi connectivity index (χ2n) is 6.10. The van der Waals surface area contributed by atoms with E-state index in [1.54, 1.807) is 32.4 Å². The van der Waals surface area contributed by atoms with E-state index in [0.717, 1.165) is 13.0 Å². The molecule has 0 fully saturated rings. The van der Waals surface area contributed by atoms with Gasteiger partial charge < -0.3 is 24.8 Å². The average molecular weight is 385 g/mol. The van der Waals surface area contributed by atoms with E-state index in [-0.39, 0.29) is 11.9 Å². The number of benzene rings is 1. The molecule has 6 heteroatoms. The van der Waals surface area contributed by atoms with Crippen molar-refractivity contribution in [3.05, 3.63) is 23.8 Å². The lowest BCUT2D eigenvalue weighted by atomic mass is 10.1. The summed E-state index contributed by atoms with van der Waals surface area (Å²) in [6.45, 7) is 12.4. The van der Waals surface area contributed by atoms with E-state index in [2.05, 4.69) is 31.4 Å². The van der Waals surface area contributed by atoms with Gasteiger partial charge in [-0.3, -0.25) is 4.79 Å². The number of amides is 1. The summed E-state index contributed by atoms with van der Waals surface area (Å²) in [5, 5.41) is 5.78. The van der Waals surface area contributed by atoms with E-state index in [1.165, 1.54) is 6.42 Å². The van der Waals surface area contributed by atoms with Gasteiger partial charge in [0.05, 0.1) is 13.7 Å². The molecule has 158 valence electrons. The molecule has 0 aliphatic rings. The van der Waals surface area contributed by atoms with E-state index < -0.39 is 0 Å². The molecule has 27 heavy (non-hydrogen) atoms. The van der Waals surface area contributed by atoms with E-state index >= 15 is 0 Å². The van der Waals surface area contributed by atoms with E-state index in [1.807, 2.05) is 20.9 Å². The van der Waals surface area contributed by atoms with Crippen LogP contribution in [0.3, 0.4) is 0 Å². The summed E-state index contributed by atoms with van der Waals surface area (Å²) < 4.78 is 15.8. The summed E-state index contributed by atoms with van der Waals surface area (Å²) in [7, 11) is 5.16. The minimum Gasteiger partial charge on any atom is -0.493 e. The van der Waals surface area contributed by atoms with Crippen molar-refractivity contribution in [2.24, 2.45) is 0 Å². The van der Waals surface area contributed by atoms with Crippen molar-refractivity contribution in [3.63, 3.8) is 0 Å². The van der Waals surface area contributed by atoms with Gasteiger partial charge in [-0.05, 0) is 45.6 Å². The van der Waals surface area contributed by atoms with Crippen LogP contribution in [0.25, 0.3) is 0 Å². The van der Waals surface area contributed by atoms with Gasteiger partial charge in [-0.2, -0.15) is 0 Å². The normalized spacial score (nSPS) is 9.52. The molecule has 0 aliphatic heterocycles. The number of carbonyl (C=O) groups excluding carboxylic acids is 1. The fraction of sp³-hybridized carbons (Fsp3) is 0.667. The number of methoxy groups -OCH3 is 2. The standard InChI is InChI=1S/C15H23NO4.C3H9N.C3H8/c1-11(2)16-15(17)12-6-7-13(19-4)14(10-12)20-9-5-8-18-3;1-3-4-2;1-3-2/h6-7,10-11H,5,8-9H2,1-4H3,(H,16,17);4H,3H2,1-2H3;3H2,1-2H3. The van der Waals surface area contributed by atoms with E-state index in [4.69, 9.17) is 14.2 Å². The zero-order valence-electron chi connectivity index (χ0n) is 18.5. The molecule has 1 aromatic rings. The lowest BCUT2D eigenvalue weighted by Crippen LogP contribution is -2.30. The summed E-state index contributed by atoms with van der Waals surface area (Å²) in [6, 6.07) is 5.25. The van der Waals surface area contributed by atoms with Gasteiger partial charge in [0.2, 0.25) is 0 Å². The largest absolute Gasteiger partial charge is 0.493 e. The van der Waals surface area contributed by atoms with Crippen molar-refractivity contribution in [2.45, 2.75) is 53.5 Å². The fourth-order valence-electron chi connectivity index (χ4n) is 1.66. The monoisotopic (exact) mass is 384 g/mol. The summed E-state index contributed by atoms with van der Waals surface area (Å²) in [4.78, 5) is 12.0. The molecule has 6 nitrogen and oxygen atoms in total. The van der Waals surface area contributed by atoms with Gasteiger partial charge >= 0.3 is 0 Å². The number of nitrogens with one attached hydrogen (secondary N) is 2. The van der Waals surface area contributed by atoms with Crippen molar-refractivity contribution in [2.75, 3.05) is 41.0 Å². The molecule has 2 N–H and O–H groups in total. The maximum absolute atomic E-state index is 12.0. The van der Waals surface area contributed by atoms with Crippen LogP contribution in [0.4, 0.5) is 0 Å². The van der Waals surface area contributed by atoms with Crippen molar-refractivity contribution in [1.29, 1.82) is 0 Å². The molecule has 1 amide bonds. The Bertz CT molecular complexity index is 477. The second-order valence-corrected chi connectivity index (χ2v) is 6.10. The SMILES string of the molecule is CCC.CCNC.COCCCOc1cc(C(=O)NC(C)C)ccc1OC. The molecule has 1 rings (SSSR count). The third-order valence-corrected chi connectivity index (χ3v) is 2.95. The molecule has 0 saturated heterocycles. The smallest absolute Gasteiger partial charge is 0.251 e. The Morgan fingerprint density at radius 2 is 1.67 bits per heavy atom. The molecule has 0 bridgehead atoms. The van der Waals surface area contributed by atoms with E-state index in [0.29, 0.717) is 30.3 Å². The zero-order valence-corrected chi connectivity index (χ0v) is 18.5. The first kappa shape index (κ1) is 27.4. The molecule has 0 aromatic heterocycles. The van der Waals surface area contributed by atoms with Crippen molar-refractivity contribution in [1.82, 2.24) is 10.6 Å². The van der Waals surface area contributed by atoms with Crippen molar-refractivity contribution in [3.8, 4) is 11.5 Å². The molecule has 0 atom stereocenters. The summed E-state index contributed by atoms with van der Waals surface area (Å²) >= 11 is 0. The Balaban J connectivity index is 0. The molecular weight excluding hydrogens is 344 g/mol. The zero-order chi connectivity index (χ0) is 21.1. The highest BCUT2D eigenvalue weighted by molar-refractivity contribution is 5.95. The molecule has 1 aromatic carbocycles. The maximum Gasteiger partial charge on any atom is 0.251 e. The second kappa shape index (κ2) is 19.0. The molecule has 0 spiro atoms. The topological polar surface area (TPSA) is 68.8 Å². The number of hydrogen-bond donors (Lipinski definition) is 2. The maximum atomic E-state index is 12.0. The van der Waals surface area contributed by atoms with Crippen molar-refractivity contribution < 1.29 is 19.0 Å². The molecule has 0 saturated carbocycles. The predicted octanol–water partition coefficient (Wildman–Crippen LogP) is 3.89. The molecule has 0 aliphatic carbocycles. The average Bonchev–Trinajstić information content (AvgIpc) is 2.65. The van der Waals surface area contributed by atoms with Gasteiger partial charge in [0.15, 0.2) is 11.5 Å². The van der Waals surface area contributed by atoms with Gasteiger partial charge in [0.25, 0.3) is 5.91 Å². The summed E-state index contributed by atoms with van der Waals surface area (Å²) in [6.07, 6.45) is 2.03. The molecular formula is C21H40N2O4. The Labute approximate surface area is 166 Å². The summed E-state index contributed by atoms with van der Waals surface area (Å²) in [5.74, 6) is 1.06. The van der Waals surface area contributed by atoms with Crippen LogP contribution in [0.15, 0.2) is 18.2 Å². The van der Waals surface area contributed by atoms with Gasteiger partial charge in [-0.1, -0.05) is 27.2 Å².